The fourth-order valence-corrected chi connectivity index (χ4v) is 3.27. The lowest BCUT2D eigenvalue weighted by Crippen LogP contribution is -2.51. The van der Waals surface area contributed by atoms with Crippen LogP contribution in [-0.2, 0) is 5.72 Å². The summed E-state index contributed by atoms with van der Waals surface area (Å²) in [5.41, 5.74) is 2.16. The molecule has 142 valence electrons. The third-order valence-electron chi connectivity index (χ3n) is 4.96. The summed E-state index contributed by atoms with van der Waals surface area (Å²) in [7, 11) is 0. The van der Waals surface area contributed by atoms with Crippen molar-refractivity contribution in [2.45, 2.75) is 52.2 Å². The number of nitrogens with one attached hydrogen (secondary N) is 1. The minimum Gasteiger partial charge on any atom is -0.463 e. The van der Waals surface area contributed by atoms with Crippen molar-refractivity contribution in [1.29, 1.82) is 0 Å². The minimum atomic E-state index is -1.10. The summed E-state index contributed by atoms with van der Waals surface area (Å²) in [6.07, 6.45) is 0. The van der Waals surface area contributed by atoms with E-state index >= 15 is 0 Å². The van der Waals surface area contributed by atoms with Crippen LogP contribution >= 0.6 is 0 Å². The number of non-ortho nitro benzene ring substituents is 1. The maximum absolute atomic E-state index is 12.9. The van der Waals surface area contributed by atoms with Gasteiger partial charge in [0.2, 0.25) is 5.72 Å². The van der Waals surface area contributed by atoms with Crippen LogP contribution in [0.5, 0.6) is 5.75 Å². The van der Waals surface area contributed by atoms with Gasteiger partial charge in [-0.1, -0.05) is 33.8 Å². The molecule has 0 fully saturated rings. The Morgan fingerprint density at radius 1 is 1.07 bits per heavy atom. The molecule has 6 heteroatoms. The average Bonchev–Trinajstić information content (AvgIpc) is 2.60. The quantitative estimate of drug-likeness (QED) is 0.618. The number of ether oxygens (including phenoxy) is 1. The van der Waals surface area contributed by atoms with E-state index in [9.17, 15) is 14.9 Å². The third kappa shape index (κ3) is 3.39. The molecule has 1 amide bonds. The van der Waals surface area contributed by atoms with Gasteiger partial charge in [-0.15, -0.1) is 0 Å². The Hall–Kier alpha value is -2.89. The van der Waals surface area contributed by atoms with Crippen LogP contribution in [0.3, 0.4) is 0 Å². The van der Waals surface area contributed by atoms with Crippen LogP contribution in [0.2, 0.25) is 0 Å². The van der Waals surface area contributed by atoms with Crippen LogP contribution < -0.4 is 10.1 Å². The van der Waals surface area contributed by atoms with E-state index in [0.717, 1.165) is 11.1 Å². The van der Waals surface area contributed by atoms with Crippen molar-refractivity contribution in [3.8, 4) is 5.75 Å². The smallest absolute Gasteiger partial charge is 0.269 e. The molecule has 27 heavy (non-hydrogen) atoms. The first-order chi connectivity index (χ1) is 12.6. The summed E-state index contributed by atoms with van der Waals surface area (Å²) in [5, 5.41) is 13.8. The highest BCUT2D eigenvalue weighted by Gasteiger charge is 2.39. The lowest BCUT2D eigenvalue weighted by molar-refractivity contribution is -0.384. The van der Waals surface area contributed by atoms with E-state index in [2.05, 4.69) is 39.1 Å². The summed E-state index contributed by atoms with van der Waals surface area (Å²) in [6.45, 7) is 10.1. The van der Waals surface area contributed by atoms with Crippen molar-refractivity contribution in [3.05, 3.63) is 68.8 Å². The maximum atomic E-state index is 12.9. The van der Waals surface area contributed by atoms with Crippen molar-refractivity contribution < 1.29 is 14.5 Å². The summed E-state index contributed by atoms with van der Waals surface area (Å²) < 4.78 is 6.30. The van der Waals surface area contributed by atoms with Gasteiger partial charge in [0, 0.05) is 17.7 Å². The van der Waals surface area contributed by atoms with Crippen molar-refractivity contribution in [2.24, 2.45) is 0 Å². The van der Waals surface area contributed by atoms with Gasteiger partial charge in [0.1, 0.15) is 5.75 Å². The molecule has 0 saturated carbocycles. The molecule has 2 aromatic rings. The lowest BCUT2D eigenvalue weighted by atomic mass is 9.90. The zero-order chi connectivity index (χ0) is 19.9. The molecule has 0 aromatic heterocycles. The maximum Gasteiger partial charge on any atom is 0.269 e. The fourth-order valence-electron chi connectivity index (χ4n) is 3.27. The topological polar surface area (TPSA) is 81.5 Å². The molecule has 1 unspecified atom stereocenters. The number of rotatable bonds is 4. The molecule has 1 atom stereocenters. The van der Waals surface area contributed by atoms with Gasteiger partial charge < -0.3 is 10.1 Å². The molecule has 6 nitrogen and oxygen atoms in total. The van der Waals surface area contributed by atoms with Gasteiger partial charge in [0.15, 0.2) is 0 Å². The van der Waals surface area contributed by atoms with Crippen molar-refractivity contribution in [2.75, 3.05) is 0 Å². The second-order valence-electron chi connectivity index (χ2n) is 7.69. The number of hydrogen-bond donors (Lipinski definition) is 1. The highest BCUT2D eigenvalue weighted by atomic mass is 16.6. The second kappa shape index (κ2) is 6.68. The average molecular weight is 368 g/mol. The zero-order valence-corrected chi connectivity index (χ0v) is 16.2. The molecule has 3 rings (SSSR count). The van der Waals surface area contributed by atoms with Crippen LogP contribution in [0.1, 0.15) is 73.5 Å². The molecule has 0 radical (unpaired) electrons. The van der Waals surface area contributed by atoms with E-state index < -0.39 is 10.6 Å². The Kier molecular flexibility index (Phi) is 4.68. The number of amides is 1. The number of carbonyl (C=O) groups excluding carboxylic acids is 1. The first kappa shape index (κ1) is 18.9. The molecule has 0 aliphatic carbocycles. The van der Waals surface area contributed by atoms with Gasteiger partial charge >= 0.3 is 0 Å². The first-order valence-corrected chi connectivity index (χ1v) is 9.06. The van der Waals surface area contributed by atoms with Crippen LogP contribution in [0.4, 0.5) is 5.69 Å². The van der Waals surface area contributed by atoms with Gasteiger partial charge in [0.05, 0.1) is 10.5 Å². The lowest BCUT2D eigenvalue weighted by Gasteiger charge is -2.38. The fraction of sp³-hybridized carbons (Fsp3) is 0.381. The third-order valence-corrected chi connectivity index (χ3v) is 4.96. The van der Waals surface area contributed by atoms with Crippen LogP contribution in [0.15, 0.2) is 36.4 Å². The van der Waals surface area contributed by atoms with Crippen LogP contribution in [-0.4, -0.2) is 10.8 Å². The minimum absolute atomic E-state index is 0.00525. The number of hydrogen-bond acceptors (Lipinski definition) is 4. The number of nitro benzene ring substituents is 1. The van der Waals surface area contributed by atoms with E-state index in [1.165, 1.54) is 12.1 Å². The van der Waals surface area contributed by atoms with Crippen LogP contribution in [0.25, 0.3) is 0 Å². The van der Waals surface area contributed by atoms with Gasteiger partial charge in [-0.25, -0.2) is 0 Å². The van der Waals surface area contributed by atoms with Crippen molar-refractivity contribution in [3.63, 3.8) is 0 Å². The molecule has 1 aliphatic rings. The summed E-state index contributed by atoms with van der Waals surface area (Å²) in [4.78, 5) is 23.3. The number of benzene rings is 2. The van der Waals surface area contributed by atoms with Gasteiger partial charge in [-0.2, -0.15) is 0 Å². The van der Waals surface area contributed by atoms with Gasteiger partial charge in [0.25, 0.3) is 11.6 Å². The highest BCUT2D eigenvalue weighted by Crippen LogP contribution is 2.40. The Morgan fingerprint density at radius 2 is 1.70 bits per heavy atom. The number of carbonyl (C=O) groups is 1. The Bertz CT molecular complexity index is 903. The van der Waals surface area contributed by atoms with Gasteiger partial charge in [-0.3, -0.25) is 14.9 Å². The van der Waals surface area contributed by atoms with Gasteiger partial charge in [-0.05, 0) is 48.1 Å². The molecule has 1 N–H and O–H groups in total. The highest BCUT2D eigenvalue weighted by molar-refractivity contribution is 5.99. The Morgan fingerprint density at radius 3 is 2.22 bits per heavy atom. The first-order valence-electron chi connectivity index (χ1n) is 9.06. The van der Waals surface area contributed by atoms with Crippen molar-refractivity contribution >= 4 is 11.6 Å². The molecular weight excluding hydrogens is 344 g/mol. The standard InChI is InChI=1S/C21H24N2O4/c1-12(2)14-10-17(13(3)4)19-18(11-14)20(24)22-21(5,27-19)15-6-8-16(9-7-15)23(25)26/h6-13H,1-5H3,(H,22,24). The number of nitro groups is 1. The summed E-state index contributed by atoms with van der Waals surface area (Å²) in [6, 6.07) is 10.0. The zero-order valence-electron chi connectivity index (χ0n) is 16.2. The molecule has 1 heterocycles. The summed E-state index contributed by atoms with van der Waals surface area (Å²) >= 11 is 0. The molecule has 0 spiro atoms. The molecular formula is C21H24N2O4. The monoisotopic (exact) mass is 368 g/mol. The predicted octanol–water partition coefficient (Wildman–Crippen LogP) is 4.84. The normalized spacial score (nSPS) is 18.9. The SMILES string of the molecule is CC(C)c1cc2c(c(C(C)C)c1)OC(C)(c1ccc([N+](=O)[O-])cc1)NC2=O. The Labute approximate surface area is 158 Å². The van der Waals surface area contributed by atoms with Crippen LogP contribution in [0, 0.1) is 10.1 Å². The number of fused-ring (bicyclic) bond motifs is 1. The molecule has 2 aromatic carbocycles. The molecule has 1 aliphatic heterocycles. The van der Waals surface area contributed by atoms with E-state index in [1.807, 2.05) is 6.07 Å². The van der Waals surface area contributed by atoms with E-state index in [-0.39, 0.29) is 17.5 Å². The molecule has 0 saturated heterocycles. The second-order valence-corrected chi connectivity index (χ2v) is 7.69. The van der Waals surface area contributed by atoms with E-state index in [0.29, 0.717) is 22.8 Å². The van der Waals surface area contributed by atoms with E-state index in [4.69, 9.17) is 4.74 Å². The summed E-state index contributed by atoms with van der Waals surface area (Å²) in [5.74, 6) is 0.855. The van der Waals surface area contributed by atoms with E-state index in [1.54, 1.807) is 19.1 Å². The molecule has 0 bridgehead atoms. The van der Waals surface area contributed by atoms with Crippen molar-refractivity contribution in [1.82, 2.24) is 5.32 Å². The Balaban J connectivity index is 2.09. The predicted molar refractivity (Wildman–Crippen MR) is 103 cm³/mol. The number of nitrogens with zero attached hydrogens (tertiary/aromatic N) is 1. The largest absolute Gasteiger partial charge is 0.463 e.